The maximum atomic E-state index is 10.1. The lowest BCUT2D eigenvalue weighted by atomic mass is 10.4. The van der Waals surface area contributed by atoms with Gasteiger partial charge in [-0.1, -0.05) is 0 Å². The minimum atomic E-state index is -1.27. The van der Waals surface area contributed by atoms with Crippen LogP contribution in [0.25, 0.3) is 0 Å². The Morgan fingerprint density at radius 2 is 2.31 bits per heavy atom. The predicted molar refractivity (Wildman–Crippen MR) is 40.2 cm³/mol. The zero-order valence-electron chi connectivity index (χ0n) is 6.52. The molecule has 0 spiro atoms. The van der Waals surface area contributed by atoms with Crippen LogP contribution in [-0.4, -0.2) is 22.5 Å². The number of aromatic nitrogens is 2. The summed E-state index contributed by atoms with van der Waals surface area (Å²) in [5.41, 5.74) is 0.0590. The Morgan fingerprint density at radius 3 is 2.92 bits per heavy atom. The standard InChI is InChI=1S/C7H6N4O2/c8-3-5-7(10-2-1-9-5)11-4-6(12)13/h1-2H,4H2,(H,10,11)(H,12,13)/p-1. The molecule has 0 atom stereocenters. The number of carboxylic acid groups (broad SMARTS) is 1. The van der Waals surface area contributed by atoms with Gasteiger partial charge in [0, 0.05) is 12.4 Å². The smallest absolute Gasteiger partial charge is 0.182 e. The van der Waals surface area contributed by atoms with Crippen LogP contribution in [0.2, 0.25) is 0 Å². The van der Waals surface area contributed by atoms with Gasteiger partial charge in [-0.15, -0.1) is 0 Å². The molecule has 6 nitrogen and oxygen atoms in total. The van der Waals surface area contributed by atoms with Crippen molar-refractivity contribution in [3.05, 3.63) is 18.1 Å². The Hall–Kier alpha value is -2.16. The first-order valence-corrected chi connectivity index (χ1v) is 3.39. The summed E-state index contributed by atoms with van der Waals surface area (Å²) in [6.07, 6.45) is 2.71. The fourth-order valence-electron chi connectivity index (χ4n) is 0.705. The molecule has 0 unspecified atom stereocenters. The first kappa shape index (κ1) is 8.93. The van der Waals surface area contributed by atoms with Crippen molar-refractivity contribution in [3.63, 3.8) is 0 Å². The van der Waals surface area contributed by atoms with Gasteiger partial charge in [-0.3, -0.25) is 0 Å². The van der Waals surface area contributed by atoms with Crippen molar-refractivity contribution >= 4 is 11.8 Å². The maximum absolute atomic E-state index is 10.1. The summed E-state index contributed by atoms with van der Waals surface area (Å²) in [4.78, 5) is 17.5. The molecule has 13 heavy (non-hydrogen) atoms. The zero-order chi connectivity index (χ0) is 9.68. The predicted octanol–water partition coefficient (Wildman–Crippen LogP) is -1.49. The van der Waals surface area contributed by atoms with Gasteiger partial charge in [0.2, 0.25) is 0 Å². The normalized spacial score (nSPS) is 8.85. The first-order chi connectivity index (χ1) is 6.24. The van der Waals surface area contributed by atoms with Crippen LogP contribution in [0.5, 0.6) is 0 Å². The summed E-state index contributed by atoms with van der Waals surface area (Å²) in [6, 6.07) is 1.77. The second-order valence-electron chi connectivity index (χ2n) is 2.09. The number of anilines is 1. The van der Waals surface area contributed by atoms with Crippen molar-refractivity contribution < 1.29 is 9.90 Å². The minimum absolute atomic E-state index is 0.0590. The largest absolute Gasteiger partial charge is 0.548 e. The van der Waals surface area contributed by atoms with Crippen LogP contribution in [0.4, 0.5) is 5.82 Å². The maximum Gasteiger partial charge on any atom is 0.182 e. The highest BCUT2D eigenvalue weighted by Gasteiger charge is 2.01. The minimum Gasteiger partial charge on any atom is -0.548 e. The molecule has 0 aliphatic heterocycles. The summed E-state index contributed by atoms with van der Waals surface area (Å²) >= 11 is 0. The molecule has 0 saturated heterocycles. The fourth-order valence-corrected chi connectivity index (χ4v) is 0.705. The number of nitriles is 1. The molecule has 1 N–H and O–H groups in total. The molecule has 0 amide bonds. The van der Waals surface area contributed by atoms with E-state index in [1.807, 2.05) is 0 Å². The van der Waals surface area contributed by atoms with Crippen LogP contribution in [0.3, 0.4) is 0 Å². The van der Waals surface area contributed by atoms with E-state index >= 15 is 0 Å². The van der Waals surface area contributed by atoms with Crippen LogP contribution in [0.1, 0.15) is 5.69 Å². The van der Waals surface area contributed by atoms with Gasteiger partial charge in [-0.25, -0.2) is 9.97 Å². The van der Waals surface area contributed by atoms with E-state index in [9.17, 15) is 9.90 Å². The summed E-state index contributed by atoms with van der Waals surface area (Å²) < 4.78 is 0. The lowest BCUT2D eigenvalue weighted by molar-refractivity contribution is -0.302. The summed E-state index contributed by atoms with van der Waals surface area (Å²) in [5, 5.41) is 21.0. The van der Waals surface area contributed by atoms with Crippen molar-refractivity contribution in [3.8, 4) is 6.07 Å². The Bertz CT molecular complexity index is 358. The third-order valence-corrected chi connectivity index (χ3v) is 1.20. The molecule has 1 rings (SSSR count). The summed E-state index contributed by atoms with van der Waals surface area (Å²) in [5.74, 6) is -1.12. The topological polar surface area (TPSA) is 102 Å². The van der Waals surface area contributed by atoms with E-state index in [0.717, 1.165) is 0 Å². The third-order valence-electron chi connectivity index (χ3n) is 1.20. The van der Waals surface area contributed by atoms with E-state index in [2.05, 4.69) is 15.3 Å². The van der Waals surface area contributed by atoms with Crippen molar-refractivity contribution in [1.82, 2.24) is 9.97 Å². The van der Waals surface area contributed by atoms with Crippen LogP contribution in [0, 0.1) is 11.3 Å². The number of rotatable bonds is 3. The van der Waals surface area contributed by atoms with Crippen molar-refractivity contribution in [2.45, 2.75) is 0 Å². The van der Waals surface area contributed by atoms with Crippen LogP contribution in [-0.2, 0) is 4.79 Å². The Labute approximate surface area is 73.9 Å². The highest BCUT2D eigenvalue weighted by molar-refractivity contribution is 5.70. The number of nitrogens with zero attached hydrogens (tertiary/aromatic N) is 3. The number of hydrogen-bond acceptors (Lipinski definition) is 6. The molecule has 0 aliphatic carbocycles. The quantitative estimate of drug-likeness (QED) is 0.603. The molecular weight excluding hydrogens is 172 g/mol. The van der Waals surface area contributed by atoms with E-state index in [1.165, 1.54) is 12.4 Å². The van der Waals surface area contributed by atoms with Gasteiger partial charge >= 0.3 is 0 Å². The Morgan fingerprint density at radius 1 is 1.62 bits per heavy atom. The number of carbonyl (C=O) groups excluding carboxylic acids is 1. The molecule has 0 aromatic carbocycles. The molecule has 0 fully saturated rings. The van der Waals surface area contributed by atoms with E-state index in [4.69, 9.17) is 5.26 Å². The molecule has 0 radical (unpaired) electrons. The lowest BCUT2D eigenvalue weighted by Gasteiger charge is -2.05. The number of nitrogens with one attached hydrogen (secondary N) is 1. The van der Waals surface area contributed by atoms with Crippen LogP contribution >= 0.6 is 0 Å². The number of aliphatic carboxylic acids is 1. The monoisotopic (exact) mass is 177 g/mol. The fraction of sp³-hybridized carbons (Fsp3) is 0.143. The van der Waals surface area contributed by atoms with Crippen molar-refractivity contribution in [1.29, 1.82) is 5.26 Å². The second kappa shape index (κ2) is 4.01. The van der Waals surface area contributed by atoms with Gasteiger partial charge in [0.05, 0.1) is 12.5 Å². The van der Waals surface area contributed by atoms with E-state index in [1.54, 1.807) is 6.07 Å². The molecular formula is C7H5N4O2-. The molecule has 1 aromatic heterocycles. The van der Waals surface area contributed by atoms with E-state index in [-0.39, 0.29) is 11.5 Å². The number of carbonyl (C=O) groups is 1. The van der Waals surface area contributed by atoms with Crippen LogP contribution < -0.4 is 10.4 Å². The van der Waals surface area contributed by atoms with Gasteiger partial charge in [0.15, 0.2) is 11.5 Å². The van der Waals surface area contributed by atoms with Crippen LogP contribution in [0.15, 0.2) is 12.4 Å². The highest BCUT2D eigenvalue weighted by atomic mass is 16.4. The molecule has 0 bridgehead atoms. The highest BCUT2D eigenvalue weighted by Crippen LogP contribution is 2.04. The number of hydrogen-bond donors (Lipinski definition) is 1. The molecule has 6 heteroatoms. The molecule has 66 valence electrons. The first-order valence-electron chi connectivity index (χ1n) is 3.39. The van der Waals surface area contributed by atoms with Gasteiger partial charge in [-0.2, -0.15) is 5.26 Å². The molecule has 0 aliphatic rings. The van der Waals surface area contributed by atoms with Gasteiger partial charge in [-0.05, 0) is 0 Å². The summed E-state index contributed by atoms with van der Waals surface area (Å²) in [6.45, 7) is -0.395. The van der Waals surface area contributed by atoms with E-state index in [0.29, 0.717) is 0 Å². The summed E-state index contributed by atoms with van der Waals surface area (Å²) in [7, 11) is 0. The Balaban J connectivity index is 2.77. The van der Waals surface area contributed by atoms with Gasteiger partial charge in [0.25, 0.3) is 0 Å². The zero-order valence-corrected chi connectivity index (χ0v) is 6.52. The van der Waals surface area contributed by atoms with Gasteiger partial charge in [0.1, 0.15) is 6.07 Å². The lowest BCUT2D eigenvalue weighted by Crippen LogP contribution is -2.30. The van der Waals surface area contributed by atoms with Crippen molar-refractivity contribution in [2.75, 3.05) is 11.9 Å². The van der Waals surface area contributed by atoms with Gasteiger partial charge < -0.3 is 15.2 Å². The average Bonchev–Trinajstić information content (AvgIpc) is 2.15. The molecule has 0 saturated carbocycles. The number of carboxylic acids is 1. The molecule has 1 heterocycles. The Kier molecular flexibility index (Phi) is 2.76. The third kappa shape index (κ3) is 2.41. The van der Waals surface area contributed by atoms with E-state index < -0.39 is 12.5 Å². The molecule has 1 aromatic rings. The average molecular weight is 177 g/mol. The SMILES string of the molecule is N#Cc1nccnc1NCC(=O)[O-]. The van der Waals surface area contributed by atoms with Crippen molar-refractivity contribution in [2.24, 2.45) is 0 Å². The second-order valence-corrected chi connectivity index (χ2v) is 2.09.